The Morgan fingerprint density at radius 1 is 1.43 bits per heavy atom. The normalized spacial score (nSPS) is 11.3. The van der Waals surface area contributed by atoms with E-state index in [4.69, 9.17) is 5.14 Å². The number of sulfonamides is 1. The maximum atomic E-state index is 10.9. The molecule has 0 saturated carbocycles. The maximum Gasteiger partial charge on any atom is 0.289 e. The van der Waals surface area contributed by atoms with Crippen molar-refractivity contribution in [2.75, 3.05) is 0 Å². The molecule has 1 aromatic carbocycles. The van der Waals surface area contributed by atoms with Crippen LogP contribution >= 0.6 is 0 Å². The fraction of sp³-hybridized carbons (Fsp3) is 0.143. The number of aryl methyl sites for hydroxylation is 1. The zero-order chi connectivity index (χ0) is 10.9. The lowest BCUT2D eigenvalue weighted by Gasteiger charge is -2.00. The summed E-state index contributed by atoms with van der Waals surface area (Å²) in [6.45, 7) is 1.62. The van der Waals surface area contributed by atoms with Crippen LogP contribution in [-0.4, -0.2) is 13.3 Å². The minimum absolute atomic E-state index is 0.465. The van der Waals surface area contributed by atoms with E-state index in [1.807, 2.05) is 0 Å². The molecular weight excluding hydrogens is 208 g/mol. The van der Waals surface area contributed by atoms with E-state index in [1.165, 1.54) is 12.1 Å². The first-order valence-electron chi connectivity index (χ1n) is 3.60. The molecule has 0 aliphatic rings. The van der Waals surface area contributed by atoms with Crippen molar-refractivity contribution in [2.45, 2.75) is 11.8 Å². The van der Waals surface area contributed by atoms with Crippen molar-refractivity contribution in [3.8, 4) is 0 Å². The molecule has 0 saturated heterocycles. The van der Waals surface area contributed by atoms with Gasteiger partial charge in [-0.05, 0) is 18.6 Å². The summed E-state index contributed by atoms with van der Waals surface area (Å²) in [7, 11) is -4.04. The molecule has 0 atom stereocenters. The summed E-state index contributed by atoms with van der Waals surface area (Å²) in [5.41, 5.74) is 0.108. The van der Waals surface area contributed by atoms with Gasteiger partial charge in [0.15, 0.2) is 4.90 Å². The van der Waals surface area contributed by atoms with Crippen LogP contribution in [0.25, 0.3) is 0 Å². The monoisotopic (exact) mass is 216 g/mol. The Bertz CT molecular complexity index is 480. The van der Waals surface area contributed by atoms with Crippen LogP contribution in [0.4, 0.5) is 5.69 Å². The van der Waals surface area contributed by atoms with Gasteiger partial charge in [-0.1, -0.05) is 6.07 Å². The second-order valence-corrected chi connectivity index (χ2v) is 4.30. The molecule has 0 bridgehead atoms. The second-order valence-electron chi connectivity index (χ2n) is 2.77. The fourth-order valence-electron chi connectivity index (χ4n) is 1.01. The van der Waals surface area contributed by atoms with E-state index in [9.17, 15) is 18.5 Å². The average Bonchev–Trinajstić information content (AvgIpc) is 2.01. The van der Waals surface area contributed by atoms with Crippen LogP contribution in [0.1, 0.15) is 5.56 Å². The van der Waals surface area contributed by atoms with Crippen molar-refractivity contribution in [3.63, 3.8) is 0 Å². The van der Waals surface area contributed by atoms with Gasteiger partial charge >= 0.3 is 0 Å². The molecule has 0 heterocycles. The van der Waals surface area contributed by atoms with E-state index in [0.717, 1.165) is 6.07 Å². The summed E-state index contributed by atoms with van der Waals surface area (Å²) in [4.78, 5) is 9.27. The number of benzene rings is 1. The molecule has 6 nitrogen and oxygen atoms in total. The lowest BCUT2D eigenvalue weighted by atomic mass is 10.2. The summed E-state index contributed by atoms with van der Waals surface area (Å²) in [6.07, 6.45) is 0. The predicted molar refractivity (Wildman–Crippen MR) is 49.2 cm³/mol. The number of hydrogen-bond acceptors (Lipinski definition) is 4. The van der Waals surface area contributed by atoms with E-state index in [-0.39, 0.29) is 0 Å². The quantitative estimate of drug-likeness (QED) is 0.575. The summed E-state index contributed by atoms with van der Waals surface area (Å²) < 4.78 is 21.9. The lowest BCUT2D eigenvalue weighted by Crippen LogP contribution is -2.14. The Morgan fingerprint density at radius 2 is 2.00 bits per heavy atom. The zero-order valence-corrected chi connectivity index (χ0v) is 8.11. The first kappa shape index (κ1) is 10.6. The van der Waals surface area contributed by atoms with E-state index < -0.39 is 25.5 Å². The molecule has 1 rings (SSSR count). The first-order valence-corrected chi connectivity index (χ1v) is 5.15. The van der Waals surface area contributed by atoms with Gasteiger partial charge in [0.25, 0.3) is 5.69 Å². The molecule has 0 unspecified atom stereocenters. The molecule has 0 aliphatic heterocycles. The van der Waals surface area contributed by atoms with Crippen molar-refractivity contribution >= 4 is 15.7 Å². The van der Waals surface area contributed by atoms with Crippen LogP contribution in [0.5, 0.6) is 0 Å². The lowest BCUT2D eigenvalue weighted by molar-refractivity contribution is -0.387. The number of nitro groups is 1. The number of nitrogens with zero attached hydrogens (tertiary/aromatic N) is 1. The third kappa shape index (κ3) is 2.06. The zero-order valence-electron chi connectivity index (χ0n) is 7.30. The van der Waals surface area contributed by atoms with Crippen molar-refractivity contribution < 1.29 is 13.3 Å². The highest BCUT2D eigenvalue weighted by Crippen LogP contribution is 2.23. The number of rotatable bonds is 2. The summed E-state index contributed by atoms with van der Waals surface area (Å²) in [5, 5.41) is 15.3. The Labute approximate surface area is 80.5 Å². The van der Waals surface area contributed by atoms with Crippen LogP contribution in [0.15, 0.2) is 23.1 Å². The topological polar surface area (TPSA) is 103 Å². The van der Waals surface area contributed by atoms with Gasteiger partial charge in [-0.25, -0.2) is 13.6 Å². The van der Waals surface area contributed by atoms with Crippen LogP contribution in [0.3, 0.4) is 0 Å². The SMILES string of the molecule is Cc1ccc(S(N)(=O)=O)c([N+](=O)[O-])c1. The highest BCUT2D eigenvalue weighted by molar-refractivity contribution is 7.89. The van der Waals surface area contributed by atoms with Gasteiger partial charge < -0.3 is 0 Å². The largest absolute Gasteiger partial charge is 0.289 e. The Hall–Kier alpha value is -1.47. The van der Waals surface area contributed by atoms with Gasteiger partial charge in [-0.15, -0.1) is 0 Å². The third-order valence-electron chi connectivity index (χ3n) is 1.62. The van der Waals surface area contributed by atoms with Gasteiger partial charge in [-0.2, -0.15) is 0 Å². The highest BCUT2D eigenvalue weighted by atomic mass is 32.2. The van der Waals surface area contributed by atoms with Gasteiger partial charge in [-0.3, -0.25) is 10.1 Å². The standard InChI is InChI=1S/C7H8N2O4S/c1-5-2-3-7(14(8,12)13)6(4-5)9(10)11/h2-4H,1H3,(H2,8,12,13). The minimum atomic E-state index is -4.04. The van der Waals surface area contributed by atoms with Crippen LogP contribution in [0.2, 0.25) is 0 Å². The molecule has 0 aromatic heterocycles. The van der Waals surface area contributed by atoms with Crippen molar-refractivity contribution in [1.29, 1.82) is 0 Å². The van der Waals surface area contributed by atoms with E-state index in [0.29, 0.717) is 5.56 Å². The fourth-order valence-corrected chi connectivity index (χ4v) is 1.69. The van der Waals surface area contributed by atoms with Crippen LogP contribution in [-0.2, 0) is 10.0 Å². The molecule has 0 spiro atoms. The van der Waals surface area contributed by atoms with Gasteiger partial charge in [0.2, 0.25) is 10.0 Å². The molecule has 0 radical (unpaired) electrons. The predicted octanol–water partition coefficient (Wildman–Crippen LogP) is 0.551. The van der Waals surface area contributed by atoms with Crippen molar-refractivity contribution in [3.05, 3.63) is 33.9 Å². The molecule has 7 heteroatoms. The van der Waals surface area contributed by atoms with Gasteiger partial charge in [0, 0.05) is 6.07 Å². The highest BCUT2D eigenvalue weighted by Gasteiger charge is 2.22. The smallest absolute Gasteiger partial charge is 0.258 e. The van der Waals surface area contributed by atoms with Gasteiger partial charge in [0.05, 0.1) is 4.92 Å². The average molecular weight is 216 g/mol. The van der Waals surface area contributed by atoms with Gasteiger partial charge in [0.1, 0.15) is 0 Å². The second kappa shape index (κ2) is 3.35. The maximum absolute atomic E-state index is 10.9. The van der Waals surface area contributed by atoms with E-state index >= 15 is 0 Å². The first-order chi connectivity index (χ1) is 6.32. The molecule has 0 fully saturated rings. The number of hydrogen-bond donors (Lipinski definition) is 1. The Kier molecular flexibility index (Phi) is 2.54. The van der Waals surface area contributed by atoms with E-state index in [1.54, 1.807) is 6.92 Å². The molecule has 1 aromatic rings. The Balaban J connectivity index is 3.53. The summed E-state index contributed by atoms with van der Waals surface area (Å²) >= 11 is 0. The van der Waals surface area contributed by atoms with Crippen molar-refractivity contribution in [1.82, 2.24) is 0 Å². The van der Waals surface area contributed by atoms with Crippen molar-refractivity contribution in [2.24, 2.45) is 5.14 Å². The number of nitrogens with two attached hydrogens (primary N) is 1. The number of primary sulfonamides is 1. The third-order valence-corrected chi connectivity index (χ3v) is 2.58. The van der Waals surface area contributed by atoms with Crippen LogP contribution in [0, 0.1) is 17.0 Å². The van der Waals surface area contributed by atoms with E-state index in [2.05, 4.69) is 0 Å². The molecule has 0 amide bonds. The molecule has 76 valence electrons. The van der Waals surface area contributed by atoms with Crippen LogP contribution < -0.4 is 5.14 Å². The molecular formula is C7H8N2O4S. The minimum Gasteiger partial charge on any atom is -0.258 e. The number of nitro benzene ring substituents is 1. The molecule has 14 heavy (non-hydrogen) atoms. The molecule has 2 N–H and O–H groups in total. The summed E-state index contributed by atoms with van der Waals surface area (Å²) in [5.74, 6) is 0. The Morgan fingerprint density at radius 3 is 2.43 bits per heavy atom. The molecule has 0 aliphatic carbocycles. The summed E-state index contributed by atoms with van der Waals surface area (Å²) in [6, 6.07) is 3.75.